The highest BCUT2D eigenvalue weighted by molar-refractivity contribution is 6.08. The first kappa shape index (κ1) is 25.5. The maximum Gasteiger partial charge on any atom is 0.321 e. The van der Waals surface area contributed by atoms with Crippen LogP contribution in [0.3, 0.4) is 0 Å². The molecule has 1 aromatic heterocycles. The van der Waals surface area contributed by atoms with Gasteiger partial charge in [-0.05, 0) is 48.7 Å². The molecule has 0 saturated heterocycles. The fraction of sp³-hybridized carbons (Fsp3) is 0.323. The average molecular weight is 512 g/mol. The van der Waals surface area contributed by atoms with Gasteiger partial charge >= 0.3 is 5.97 Å². The molecule has 2 heterocycles. The number of ether oxygens (including phenoxy) is 2. The van der Waals surface area contributed by atoms with E-state index in [1.807, 2.05) is 83.4 Å². The van der Waals surface area contributed by atoms with Crippen molar-refractivity contribution in [2.75, 3.05) is 18.1 Å². The van der Waals surface area contributed by atoms with E-state index in [0.717, 1.165) is 41.4 Å². The molecule has 5 rings (SSSR count). The normalized spacial score (nSPS) is 16.9. The van der Waals surface area contributed by atoms with Crippen LogP contribution in [0.2, 0.25) is 0 Å². The summed E-state index contributed by atoms with van der Waals surface area (Å²) in [5.74, 6) is -0.517. The number of hydrogen-bond donors (Lipinski definition) is 0. The van der Waals surface area contributed by atoms with Crippen molar-refractivity contribution in [3.05, 3.63) is 90.0 Å². The number of carbonyl (C=O) groups is 2. The number of nitrogens with zero attached hydrogens (tertiary/aromatic N) is 3. The molecule has 0 unspecified atom stereocenters. The van der Waals surface area contributed by atoms with Crippen LogP contribution in [0.25, 0.3) is 11.0 Å². The molecule has 2 atom stereocenters. The van der Waals surface area contributed by atoms with Gasteiger partial charge in [0.2, 0.25) is 11.9 Å². The van der Waals surface area contributed by atoms with Gasteiger partial charge in [-0.25, -0.2) is 4.98 Å². The molecule has 0 aliphatic carbocycles. The van der Waals surface area contributed by atoms with Gasteiger partial charge in [-0.1, -0.05) is 74.4 Å². The van der Waals surface area contributed by atoms with Gasteiger partial charge in [0.05, 0.1) is 23.7 Å². The van der Waals surface area contributed by atoms with Gasteiger partial charge in [0.15, 0.2) is 5.92 Å². The van der Waals surface area contributed by atoms with E-state index in [0.29, 0.717) is 24.8 Å². The van der Waals surface area contributed by atoms with Gasteiger partial charge in [-0.15, -0.1) is 0 Å². The molecule has 0 bridgehead atoms. The van der Waals surface area contributed by atoms with Crippen molar-refractivity contribution in [1.82, 2.24) is 9.55 Å². The van der Waals surface area contributed by atoms with Crippen LogP contribution in [0, 0.1) is 5.92 Å². The number of fused-ring (bicyclic) bond motifs is 3. The smallest absolute Gasteiger partial charge is 0.321 e. The van der Waals surface area contributed by atoms with E-state index < -0.39 is 17.9 Å². The number of amides is 1. The van der Waals surface area contributed by atoms with Gasteiger partial charge in [0.1, 0.15) is 12.4 Å². The van der Waals surface area contributed by atoms with Gasteiger partial charge in [0.25, 0.3) is 0 Å². The Labute approximate surface area is 223 Å². The van der Waals surface area contributed by atoms with E-state index in [9.17, 15) is 9.59 Å². The largest absolute Gasteiger partial charge is 0.489 e. The third-order valence-corrected chi connectivity index (χ3v) is 6.94. The monoisotopic (exact) mass is 511 g/mol. The Hall–Kier alpha value is -4.13. The highest BCUT2D eigenvalue weighted by Crippen LogP contribution is 2.41. The summed E-state index contributed by atoms with van der Waals surface area (Å²) in [6.45, 7) is 5.05. The van der Waals surface area contributed by atoms with Crippen molar-refractivity contribution < 1.29 is 19.1 Å². The highest BCUT2D eigenvalue weighted by atomic mass is 16.5. The quantitative estimate of drug-likeness (QED) is 0.150. The van der Waals surface area contributed by atoms with Crippen LogP contribution in [0.1, 0.15) is 50.3 Å². The first-order valence-electron chi connectivity index (χ1n) is 13.3. The standard InChI is InChI=1S/C31H33N3O4/c1-3-5-11-20-33-29(35)27(30(36)37-4-2)28(34-26-15-10-9-14-25(26)32-31(33)34)23-16-18-24(19-17-23)38-21-22-12-7-6-8-13-22/h6-10,12-19,27-28H,3-5,11,20-21H2,1-2H3/t27-,28+/m0/s1. The van der Waals surface area contributed by atoms with Crippen LogP contribution < -0.4 is 9.64 Å². The lowest BCUT2D eigenvalue weighted by molar-refractivity contribution is -0.153. The van der Waals surface area contributed by atoms with E-state index in [1.54, 1.807) is 11.8 Å². The SMILES string of the molecule is CCCCCN1C(=O)[C@@H](C(=O)OCC)[C@@H](c2ccc(OCc3ccccc3)cc2)n2c1nc1ccccc12. The third-order valence-electron chi connectivity index (χ3n) is 6.94. The number of aromatic nitrogens is 2. The molecule has 0 saturated carbocycles. The van der Waals surface area contributed by atoms with E-state index in [2.05, 4.69) is 6.92 Å². The van der Waals surface area contributed by atoms with Crippen molar-refractivity contribution in [3.8, 4) is 5.75 Å². The highest BCUT2D eigenvalue weighted by Gasteiger charge is 2.47. The van der Waals surface area contributed by atoms with Crippen molar-refractivity contribution >= 4 is 28.9 Å². The minimum Gasteiger partial charge on any atom is -0.489 e. The van der Waals surface area contributed by atoms with E-state index >= 15 is 0 Å². The van der Waals surface area contributed by atoms with E-state index in [4.69, 9.17) is 14.5 Å². The number of imidazole rings is 1. The van der Waals surface area contributed by atoms with Crippen LogP contribution >= 0.6 is 0 Å². The number of rotatable bonds is 10. The Morgan fingerprint density at radius 1 is 0.921 bits per heavy atom. The second-order valence-electron chi connectivity index (χ2n) is 9.49. The van der Waals surface area contributed by atoms with Crippen molar-refractivity contribution in [1.29, 1.82) is 0 Å². The zero-order chi connectivity index (χ0) is 26.5. The minimum atomic E-state index is -1.02. The zero-order valence-electron chi connectivity index (χ0n) is 21.9. The lowest BCUT2D eigenvalue weighted by atomic mass is 9.89. The second-order valence-corrected chi connectivity index (χ2v) is 9.49. The summed E-state index contributed by atoms with van der Waals surface area (Å²) in [6.07, 6.45) is 2.85. The summed E-state index contributed by atoms with van der Waals surface area (Å²) in [7, 11) is 0. The average Bonchev–Trinajstić information content (AvgIpc) is 3.33. The molecule has 1 aliphatic heterocycles. The second kappa shape index (κ2) is 11.5. The summed E-state index contributed by atoms with van der Waals surface area (Å²) in [5.41, 5.74) is 3.56. The summed E-state index contributed by atoms with van der Waals surface area (Å²) in [6, 6.07) is 24.8. The molecule has 1 amide bonds. The fourth-order valence-corrected chi connectivity index (χ4v) is 5.08. The fourth-order valence-electron chi connectivity index (χ4n) is 5.08. The maximum atomic E-state index is 13.9. The Morgan fingerprint density at radius 2 is 1.66 bits per heavy atom. The van der Waals surface area contributed by atoms with Gasteiger partial charge in [-0.3, -0.25) is 14.5 Å². The Morgan fingerprint density at radius 3 is 2.39 bits per heavy atom. The summed E-state index contributed by atoms with van der Waals surface area (Å²) in [4.78, 5) is 33.8. The van der Waals surface area contributed by atoms with Gasteiger partial charge in [-0.2, -0.15) is 0 Å². The van der Waals surface area contributed by atoms with Crippen LogP contribution in [0.15, 0.2) is 78.9 Å². The number of para-hydroxylation sites is 2. The molecule has 4 aromatic rings. The van der Waals surface area contributed by atoms with E-state index in [1.165, 1.54) is 0 Å². The molecule has 3 aromatic carbocycles. The Bertz CT molecular complexity index is 1400. The first-order valence-corrected chi connectivity index (χ1v) is 13.3. The lowest BCUT2D eigenvalue weighted by Gasteiger charge is -2.38. The molecule has 0 N–H and O–H groups in total. The van der Waals surface area contributed by atoms with Crippen LogP contribution in [0.5, 0.6) is 5.75 Å². The first-order chi connectivity index (χ1) is 18.6. The molecule has 7 heteroatoms. The van der Waals surface area contributed by atoms with Crippen molar-refractivity contribution in [2.45, 2.75) is 45.8 Å². The third kappa shape index (κ3) is 5.01. The number of benzene rings is 3. The predicted molar refractivity (Wildman–Crippen MR) is 147 cm³/mol. The van der Waals surface area contributed by atoms with Crippen LogP contribution in [-0.4, -0.2) is 34.6 Å². The Balaban J connectivity index is 1.55. The molecule has 7 nitrogen and oxygen atoms in total. The summed E-state index contributed by atoms with van der Waals surface area (Å²) in [5, 5.41) is 0. The number of carbonyl (C=O) groups excluding carboxylic acids is 2. The predicted octanol–water partition coefficient (Wildman–Crippen LogP) is 5.92. The summed E-state index contributed by atoms with van der Waals surface area (Å²) >= 11 is 0. The molecule has 0 fully saturated rings. The van der Waals surface area contributed by atoms with Crippen LogP contribution in [-0.2, 0) is 20.9 Å². The number of anilines is 1. The van der Waals surface area contributed by atoms with E-state index in [-0.39, 0.29) is 12.5 Å². The van der Waals surface area contributed by atoms with Crippen LogP contribution in [0.4, 0.5) is 5.95 Å². The molecular formula is C31H33N3O4. The number of esters is 1. The lowest BCUT2D eigenvalue weighted by Crippen LogP contribution is -2.50. The molecular weight excluding hydrogens is 478 g/mol. The zero-order valence-corrected chi connectivity index (χ0v) is 21.9. The Kier molecular flexibility index (Phi) is 7.73. The van der Waals surface area contributed by atoms with Gasteiger partial charge in [0, 0.05) is 6.54 Å². The molecule has 196 valence electrons. The number of hydrogen-bond acceptors (Lipinski definition) is 5. The number of unbranched alkanes of at least 4 members (excludes halogenated alkanes) is 2. The van der Waals surface area contributed by atoms with Crippen molar-refractivity contribution in [3.63, 3.8) is 0 Å². The topological polar surface area (TPSA) is 73.7 Å². The molecule has 0 radical (unpaired) electrons. The molecule has 38 heavy (non-hydrogen) atoms. The molecule has 1 aliphatic rings. The summed E-state index contributed by atoms with van der Waals surface area (Å²) < 4.78 is 13.5. The maximum absolute atomic E-state index is 13.9. The van der Waals surface area contributed by atoms with Gasteiger partial charge < -0.3 is 14.0 Å². The minimum absolute atomic E-state index is 0.203. The van der Waals surface area contributed by atoms with Crippen molar-refractivity contribution in [2.24, 2.45) is 5.92 Å². The molecule has 0 spiro atoms.